The summed E-state index contributed by atoms with van der Waals surface area (Å²) in [6.07, 6.45) is 5.77. The van der Waals surface area contributed by atoms with Gasteiger partial charge in [-0.3, -0.25) is 4.57 Å². The Balaban J connectivity index is 2.31. The van der Waals surface area contributed by atoms with Crippen LogP contribution in [0.3, 0.4) is 0 Å². The summed E-state index contributed by atoms with van der Waals surface area (Å²) in [6, 6.07) is 1.78. The Morgan fingerprint density at radius 3 is 3.00 bits per heavy atom. The summed E-state index contributed by atoms with van der Waals surface area (Å²) in [7, 11) is 0. The van der Waals surface area contributed by atoms with Crippen LogP contribution in [0.15, 0.2) is 24.8 Å². The second-order valence-corrected chi connectivity index (χ2v) is 3.40. The van der Waals surface area contributed by atoms with Crippen molar-refractivity contribution < 1.29 is 4.74 Å². The Labute approximate surface area is 99.5 Å². The van der Waals surface area contributed by atoms with Crippen molar-refractivity contribution in [3.63, 3.8) is 0 Å². The van der Waals surface area contributed by atoms with E-state index >= 15 is 0 Å². The Kier molecular flexibility index (Phi) is 3.66. The molecule has 0 unspecified atom stereocenters. The summed E-state index contributed by atoms with van der Waals surface area (Å²) in [5, 5.41) is 0. The Bertz CT molecular complexity index is 482. The van der Waals surface area contributed by atoms with Crippen LogP contribution < -0.4 is 10.5 Å². The monoisotopic (exact) mass is 233 g/mol. The summed E-state index contributed by atoms with van der Waals surface area (Å²) >= 11 is 0. The molecule has 0 aliphatic rings. The Morgan fingerprint density at radius 2 is 2.24 bits per heavy atom. The number of imidazole rings is 1. The number of ether oxygens (including phenoxy) is 1. The average Bonchev–Trinajstić information content (AvgIpc) is 2.79. The molecule has 6 nitrogen and oxygen atoms in total. The zero-order valence-electron chi connectivity index (χ0n) is 9.71. The molecule has 0 saturated carbocycles. The van der Waals surface area contributed by atoms with Gasteiger partial charge in [-0.15, -0.1) is 0 Å². The minimum Gasteiger partial charge on any atom is -0.478 e. The molecule has 0 spiro atoms. The van der Waals surface area contributed by atoms with E-state index in [1.807, 2.05) is 17.7 Å². The molecule has 2 N–H and O–H groups in total. The second-order valence-electron chi connectivity index (χ2n) is 3.40. The zero-order chi connectivity index (χ0) is 12.1. The molecule has 2 rings (SSSR count). The lowest BCUT2D eigenvalue weighted by Gasteiger charge is -2.07. The maximum Gasteiger partial charge on any atom is 0.218 e. The highest BCUT2D eigenvalue weighted by molar-refractivity contribution is 5.28. The summed E-state index contributed by atoms with van der Waals surface area (Å²) < 4.78 is 7.22. The summed E-state index contributed by atoms with van der Waals surface area (Å²) in [5.74, 6) is 2.18. The minimum absolute atomic E-state index is 0.556. The number of nitrogens with two attached hydrogens (primary N) is 1. The molecule has 0 radical (unpaired) electrons. The predicted octanol–water partition coefficient (Wildman–Crippen LogP) is 0.562. The van der Waals surface area contributed by atoms with Crippen molar-refractivity contribution in [2.45, 2.75) is 13.3 Å². The van der Waals surface area contributed by atoms with E-state index in [1.54, 1.807) is 12.3 Å². The van der Waals surface area contributed by atoms with E-state index in [4.69, 9.17) is 10.5 Å². The molecular weight excluding hydrogens is 218 g/mol. The lowest BCUT2D eigenvalue weighted by Crippen LogP contribution is -2.09. The molecule has 0 atom stereocenters. The quantitative estimate of drug-likeness (QED) is 0.816. The fourth-order valence-corrected chi connectivity index (χ4v) is 1.55. The van der Waals surface area contributed by atoms with Crippen LogP contribution in [0, 0.1) is 0 Å². The van der Waals surface area contributed by atoms with Crippen LogP contribution in [0.25, 0.3) is 5.82 Å². The predicted molar refractivity (Wildman–Crippen MR) is 63.1 cm³/mol. The van der Waals surface area contributed by atoms with Crippen LogP contribution in [0.2, 0.25) is 0 Å². The maximum atomic E-state index is 5.53. The molecule has 0 saturated heterocycles. The molecule has 0 amide bonds. The van der Waals surface area contributed by atoms with Gasteiger partial charge in [0.25, 0.3) is 0 Å². The molecule has 2 heterocycles. The van der Waals surface area contributed by atoms with Crippen LogP contribution in [-0.2, 0) is 6.42 Å². The summed E-state index contributed by atoms with van der Waals surface area (Å²) in [4.78, 5) is 12.5. The summed E-state index contributed by atoms with van der Waals surface area (Å²) in [5.41, 5.74) is 5.53. The van der Waals surface area contributed by atoms with Crippen molar-refractivity contribution in [1.82, 2.24) is 19.5 Å². The third kappa shape index (κ3) is 2.59. The molecule has 6 heteroatoms. The second kappa shape index (κ2) is 5.40. The van der Waals surface area contributed by atoms with Crippen LogP contribution >= 0.6 is 0 Å². The van der Waals surface area contributed by atoms with Crippen LogP contribution in [-0.4, -0.2) is 32.7 Å². The van der Waals surface area contributed by atoms with Gasteiger partial charge in [0.1, 0.15) is 18.0 Å². The standard InChI is InChI=1S/C11H15N5O/c1-2-17-11-7-10(14-8-15-11)16-6-5-13-9(16)3-4-12/h5-8H,2-4,12H2,1H3. The van der Waals surface area contributed by atoms with Gasteiger partial charge in [0, 0.05) is 24.9 Å². The lowest BCUT2D eigenvalue weighted by atomic mass is 10.4. The van der Waals surface area contributed by atoms with Gasteiger partial charge >= 0.3 is 0 Å². The molecule has 0 aliphatic heterocycles. The van der Waals surface area contributed by atoms with Crippen LogP contribution in [0.5, 0.6) is 5.88 Å². The van der Waals surface area contributed by atoms with Gasteiger partial charge in [-0.25, -0.2) is 15.0 Å². The van der Waals surface area contributed by atoms with E-state index in [-0.39, 0.29) is 0 Å². The van der Waals surface area contributed by atoms with Gasteiger partial charge in [0.2, 0.25) is 5.88 Å². The number of hydrogen-bond acceptors (Lipinski definition) is 5. The SMILES string of the molecule is CCOc1cc(-n2ccnc2CCN)ncn1. The number of hydrogen-bond donors (Lipinski definition) is 1. The third-order valence-electron chi connectivity index (χ3n) is 2.25. The summed E-state index contributed by atoms with van der Waals surface area (Å²) in [6.45, 7) is 3.05. The fourth-order valence-electron chi connectivity index (χ4n) is 1.55. The van der Waals surface area contributed by atoms with Crippen LogP contribution in [0.4, 0.5) is 0 Å². The van der Waals surface area contributed by atoms with Gasteiger partial charge < -0.3 is 10.5 Å². The molecule has 0 bridgehead atoms. The van der Waals surface area contributed by atoms with E-state index in [9.17, 15) is 0 Å². The van der Waals surface area contributed by atoms with Crippen molar-refractivity contribution in [3.05, 3.63) is 30.6 Å². The smallest absolute Gasteiger partial charge is 0.218 e. The van der Waals surface area contributed by atoms with Gasteiger partial charge in [-0.1, -0.05) is 0 Å². The fraction of sp³-hybridized carbons (Fsp3) is 0.364. The van der Waals surface area contributed by atoms with Crippen molar-refractivity contribution in [3.8, 4) is 11.7 Å². The first-order valence-electron chi connectivity index (χ1n) is 5.52. The van der Waals surface area contributed by atoms with Crippen LogP contribution in [0.1, 0.15) is 12.7 Å². The Hall–Kier alpha value is -1.95. The highest BCUT2D eigenvalue weighted by Crippen LogP contribution is 2.13. The number of rotatable bonds is 5. The minimum atomic E-state index is 0.556. The van der Waals surface area contributed by atoms with Gasteiger partial charge in [0.05, 0.1) is 6.61 Å². The maximum absolute atomic E-state index is 5.53. The van der Waals surface area contributed by atoms with Crippen molar-refractivity contribution in [2.24, 2.45) is 5.73 Å². The van der Waals surface area contributed by atoms with Gasteiger partial charge in [0.15, 0.2) is 0 Å². The van der Waals surface area contributed by atoms with E-state index in [2.05, 4.69) is 15.0 Å². The third-order valence-corrected chi connectivity index (χ3v) is 2.25. The molecule has 0 fully saturated rings. The van der Waals surface area contributed by atoms with E-state index in [1.165, 1.54) is 6.33 Å². The number of nitrogens with zero attached hydrogens (tertiary/aromatic N) is 4. The first kappa shape index (κ1) is 11.5. The topological polar surface area (TPSA) is 78.9 Å². The highest BCUT2D eigenvalue weighted by Gasteiger charge is 2.06. The van der Waals surface area contributed by atoms with Crippen molar-refractivity contribution in [1.29, 1.82) is 0 Å². The van der Waals surface area contributed by atoms with E-state index in [0.717, 1.165) is 11.6 Å². The van der Waals surface area contributed by atoms with E-state index < -0.39 is 0 Å². The van der Waals surface area contributed by atoms with Crippen molar-refractivity contribution >= 4 is 0 Å². The average molecular weight is 233 g/mol. The zero-order valence-corrected chi connectivity index (χ0v) is 9.71. The molecule has 0 aromatic carbocycles. The first-order valence-corrected chi connectivity index (χ1v) is 5.52. The molecule has 2 aromatic heterocycles. The molecule has 0 aliphatic carbocycles. The van der Waals surface area contributed by atoms with Gasteiger partial charge in [-0.2, -0.15) is 0 Å². The molecule has 2 aromatic rings. The highest BCUT2D eigenvalue weighted by atomic mass is 16.5. The molecule has 17 heavy (non-hydrogen) atoms. The lowest BCUT2D eigenvalue weighted by molar-refractivity contribution is 0.326. The largest absolute Gasteiger partial charge is 0.478 e. The normalized spacial score (nSPS) is 10.5. The number of aromatic nitrogens is 4. The van der Waals surface area contributed by atoms with Gasteiger partial charge in [-0.05, 0) is 13.5 Å². The first-order chi connectivity index (χ1) is 8.35. The Morgan fingerprint density at radius 1 is 1.35 bits per heavy atom. The van der Waals surface area contributed by atoms with Crippen molar-refractivity contribution in [2.75, 3.05) is 13.2 Å². The molecule has 90 valence electrons. The van der Waals surface area contributed by atoms with E-state index in [0.29, 0.717) is 25.5 Å². The molecular formula is C11H15N5O.